The number of nitrogens with one attached hydrogen (secondary N) is 1. The van der Waals surface area contributed by atoms with E-state index in [1.807, 2.05) is 0 Å². The van der Waals surface area contributed by atoms with Crippen LogP contribution in [0.5, 0.6) is 0 Å². The Kier molecular flexibility index (Phi) is 4.06. The lowest BCUT2D eigenvalue weighted by molar-refractivity contribution is 0.199. The number of aliphatic hydroxyl groups is 1. The minimum Gasteiger partial charge on any atom is -0.389 e. The number of sulfonamides is 1. The number of rotatable bonds is 4. The fraction of sp³-hybridized carbons (Fsp3) is 0.214. The van der Waals surface area contributed by atoms with Gasteiger partial charge in [0.05, 0.1) is 22.9 Å². The Balaban J connectivity index is 2.36. The van der Waals surface area contributed by atoms with E-state index in [4.69, 9.17) is 0 Å². The number of pyridine rings is 1. The first kappa shape index (κ1) is 14.5. The summed E-state index contributed by atoms with van der Waals surface area (Å²) in [6.45, 7) is 3.39. The summed E-state index contributed by atoms with van der Waals surface area (Å²) < 4.78 is 27.1. The van der Waals surface area contributed by atoms with E-state index in [9.17, 15) is 13.5 Å². The Labute approximate surface area is 118 Å². The molecule has 20 heavy (non-hydrogen) atoms. The Morgan fingerprint density at radius 2 is 2.05 bits per heavy atom. The topological polar surface area (TPSA) is 79.3 Å². The summed E-state index contributed by atoms with van der Waals surface area (Å²) in [5, 5.41) is 9.52. The molecule has 2 rings (SSSR count). The van der Waals surface area contributed by atoms with Crippen molar-refractivity contribution in [1.29, 1.82) is 0 Å². The number of nitrogens with zero attached hydrogens (tertiary/aromatic N) is 1. The minimum atomic E-state index is -3.69. The second-order valence-electron chi connectivity index (χ2n) is 4.54. The second kappa shape index (κ2) is 5.60. The van der Waals surface area contributed by atoms with Gasteiger partial charge in [0.25, 0.3) is 10.0 Å². The number of hydrogen-bond donors (Lipinski definition) is 2. The largest absolute Gasteiger partial charge is 0.389 e. The van der Waals surface area contributed by atoms with E-state index in [-0.39, 0.29) is 4.90 Å². The van der Waals surface area contributed by atoms with Crippen molar-refractivity contribution in [3.8, 4) is 0 Å². The average Bonchev–Trinajstić information content (AvgIpc) is 2.41. The van der Waals surface area contributed by atoms with E-state index in [1.165, 1.54) is 18.3 Å². The first-order valence-electron chi connectivity index (χ1n) is 6.11. The van der Waals surface area contributed by atoms with Gasteiger partial charge in [-0.1, -0.05) is 12.1 Å². The summed E-state index contributed by atoms with van der Waals surface area (Å²) in [5.41, 5.74) is 1.78. The van der Waals surface area contributed by atoms with Gasteiger partial charge in [0.1, 0.15) is 0 Å². The van der Waals surface area contributed by atoms with E-state index in [0.29, 0.717) is 11.3 Å². The van der Waals surface area contributed by atoms with Crippen LogP contribution in [0.25, 0.3) is 0 Å². The van der Waals surface area contributed by atoms with Crippen LogP contribution in [-0.2, 0) is 10.0 Å². The van der Waals surface area contributed by atoms with Crippen LogP contribution in [0.3, 0.4) is 0 Å². The quantitative estimate of drug-likeness (QED) is 0.905. The predicted octanol–water partition coefficient (Wildman–Crippen LogP) is 2.24. The lowest BCUT2D eigenvalue weighted by Gasteiger charge is -2.11. The van der Waals surface area contributed by atoms with E-state index >= 15 is 0 Å². The van der Waals surface area contributed by atoms with Gasteiger partial charge in [-0.2, -0.15) is 0 Å². The Morgan fingerprint density at radius 3 is 2.70 bits per heavy atom. The molecule has 106 valence electrons. The monoisotopic (exact) mass is 292 g/mol. The maximum atomic E-state index is 12.3. The molecular formula is C14H16N2O3S. The fourth-order valence-corrected chi connectivity index (χ4v) is 2.89. The molecule has 0 fully saturated rings. The third-order valence-electron chi connectivity index (χ3n) is 2.93. The van der Waals surface area contributed by atoms with E-state index in [2.05, 4.69) is 9.71 Å². The zero-order valence-corrected chi connectivity index (χ0v) is 12.1. The molecule has 5 nitrogen and oxygen atoms in total. The zero-order valence-electron chi connectivity index (χ0n) is 11.2. The fourth-order valence-electron chi connectivity index (χ4n) is 1.72. The van der Waals surface area contributed by atoms with Gasteiger partial charge < -0.3 is 5.11 Å². The molecule has 1 atom stereocenters. The first-order chi connectivity index (χ1) is 9.40. The number of aryl methyl sites for hydroxylation is 1. The number of hydrogen-bond acceptors (Lipinski definition) is 4. The number of aliphatic hydroxyl groups excluding tert-OH is 1. The molecule has 0 spiro atoms. The molecule has 0 aliphatic heterocycles. The van der Waals surface area contributed by atoms with Crippen molar-refractivity contribution in [2.75, 3.05) is 4.72 Å². The SMILES string of the molecule is Cc1ccncc1NS(=O)(=O)c1cccc(C(C)O)c1. The lowest BCUT2D eigenvalue weighted by atomic mass is 10.1. The highest BCUT2D eigenvalue weighted by Crippen LogP contribution is 2.21. The van der Waals surface area contributed by atoms with Crippen molar-refractivity contribution >= 4 is 15.7 Å². The van der Waals surface area contributed by atoms with Crippen LogP contribution in [0.15, 0.2) is 47.6 Å². The van der Waals surface area contributed by atoms with Gasteiger partial charge in [0.2, 0.25) is 0 Å². The van der Waals surface area contributed by atoms with E-state index < -0.39 is 16.1 Å². The Hall–Kier alpha value is -1.92. The molecule has 2 N–H and O–H groups in total. The highest BCUT2D eigenvalue weighted by Gasteiger charge is 2.16. The summed E-state index contributed by atoms with van der Waals surface area (Å²) in [4.78, 5) is 4.01. The molecule has 1 heterocycles. The summed E-state index contributed by atoms with van der Waals surface area (Å²) in [6.07, 6.45) is 2.34. The molecule has 0 bridgehead atoms. The van der Waals surface area contributed by atoms with E-state index in [0.717, 1.165) is 5.56 Å². The van der Waals surface area contributed by atoms with Gasteiger partial charge in [-0.05, 0) is 43.2 Å². The highest BCUT2D eigenvalue weighted by atomic mass is 32.2. The van der Waals surface area contributed by atoms with Gasteiger partial charge in [-0.3, -0.25) is 9.71 Å². The zero-order chi connectivity index (χ0) is 14.8. The summed E-state index contributed by atoms with van der Waals surface area (Å²) >= 11 is 0. The van der Waals surface area contributed by atoms with Crippen LogP contribution in [0.4, 0.5) is 5.69 Å². The van der Waals surface area contributed by atoms with Crippen LogP contribution in [0.2, 0.25) is 0 Å². The molecule has 0 aliphatic carbocycles. The third kappa shape index (κ3) is 3.15. The molecule has 2 aromatic rings. The van der Waals surface area contributed by atoms with Crippen molar-refractivity contribution < 1.29 is 13.5 Å². The minimum absolute atomic E-state index is 0.110. The molecule has 1 unspecified atom stereocenters. The second-order valence-corrected chi connectivity index (χ2v) is 6.23. The first-order valence-corrected chi connectivity index (χ1v) is 7.60. The molecule has 0 saturated carbocycles. The molecule has 6 heteroatoms. The number of aromatic nitrogens is 1. The van der Waals surface area contributed by atoms with Gasteiger partial charge in [0.15, 0.2) is 0 Å². The van der Waals surface area contributed by atoms with Crippen LogP contribution in [0.1, 0.15) is 24.2 Å². The molecule has 0 saturated heterocycles. The Morgan fingerprint density at radius 1 is 1.30 bits per heavy atom. The maximum Gasteiger partial charge on any atom is 0.261 e. The predicted molar refractivity (Wildman–Crippen MR) is 76.9 cm³/mol. The van der Waals surface area contributed by atoms with Gasteiger partial charge in [0, 0.05) is 6.20 Å². The van der Waals surface area contributed by atoms with Gasteiger partial charge >= 0.3 is 0 Å². The van der Waals surface area contributed by atoms with Gasteiger partial charge in [-0.15, -0.1) is 0 Å². The molecule has 0 aliphatic rings. The van der Waals surface area contributed by atoms with Gasteiger partial charge in [-0.25, -0.2) is 8.42 Å². The summed E-state index contributed by atoms with van der Waals surface area (Å²) in [5.74, 6) is 0. The smallest absolute Gasteiger partial charge is 0.261 e. The average molecular weight is 292 g/mol. The van der Waals surface area contributed by atoms with Crippen molar-refractivity contribution in [2.24, 2.45) is 0 Å². The number of anilines is 1. The summed E-state index contributed by atoms with van der Waals surface area (Å²) in [7, 11) is -3.69. The van der Waals surface area contributed by atoms with Crippen LogP contribution >= 0.6 is 0 Å². The molecule has 0 amide bonds. The van der Waals surface area contributed by atoms with Crippen molar-refractivity contribution in [2.45, 2.75) is 24.8 Å². The van der Waals surface area contributed by atoms with E-state index in [1.54, 1.807) is 38.2 Å². The summed E-state index contributed by atoms with van der Waals surface area (Å²) in [6, 6.07) is 7.95. The van der Waals surface area contributed by atoms with Crippen LogP contribution in [-0.4, -0.2) is 18.5 Å². The molecule has 0 radical (unpaired) electrons. The lowest BCUT2D eigenvalue weighted by Crippen LogP contribution is -2.14. The Bertz CT molecular complexity index is 712. The standard InChI is InChI=1S/C14H16N2O3S/c1-10-6-7-15-9-14(10)16-20(18,19)13-5-3-4-12(8-13)11(2)17/h3-9,11,16-17H,1-2H3. The van der Waals surface area contributed by atoms with Crippen molar-refractivity contribution in [1.82, 2.24) is 4.98 Å². The molecule has 1 aromatic carbocycles. The van der Waals surface area contributed by atoms with Crippen LogP contribution < -0.4 is 4.72 Å². The highest BCUT2D eigenvalue weighted by molar-refractivity contribution is 7.92. The maximum absolute atomic E-state index is 12.3. The van der Waals surface area contributed by atoms with Crippen LogP contribution in [0, 0.1) is 6.92 Å². The van der Waals surface area contributed by atoms with Crippen molar-refractivity contribution in [3.63, 3.8) is 0 Å². The normalized spacial score (nSPS) is 12.9. The third-order valence-corrected chi connectivity index (χ3v) is 4.30. The van der Waals surface area contributed by atoms with Crippen molar-refractivity contribution in [3.05, 3.63) is 53.9 Å². The number of benzene rings is 1. The molecule has 1 aromatic heterocycles. The molecular weight excluding hydrogens is 276 g/mol.